The predicted molar refractivity (Wildman–Crippen MR) is 85.2 cm³/mol. The van der Waals surface area contributed by atoms with Crippen molar-refractivity contribution in [1.82, 2.24) is 10.2 Å². The number of nitrogens with zero attached hydrogens (tertiary/aromatic N) is 1. The van der Waals surface area contributed by atoms with Gasteiger partial charge in [-0.2, -0.15) is 0 Å². The summed E-state index contributed by atoms with van der Waals surface area (Å²) in [7, 11) is 0. The molecule has 0 bridgehead atoms. The van der Waals surface area contributed by atoms with Gasteiger partial charge < -0.3 is 16.0 Å². The van der Waals surface area contributed by atoms with E-state index in [1.807, 2.05) is 4.90 Å². The molecule has 2 aliphatic rings. The van der Waals surface area contributed by atoms with E-state index in [1.54, 1.807) is 6.92 Å². The number of piperidine rings is 1. The van der Waals surface area contributed by atoms with Crippen LogP contribution in [-0.2, 0) is 9.59 Å². The van der Waals surface area contributed by atoms with Gasteiger partial charge in [-0.05, 0) is 31.6 Å². The van der Waals surface area contributed by atoms with Gasteiger partial charge in [-0.1, -0.05) is 19.3 Å². The lowest BCUT2D eigenvalue weighted by Gasteiger charge is -2.40. The molecule has 1 aliphatic heterocycles. The average molecular weight is 318 g/mol. The third kappa shape index (κ3) is 4.85. The summed E-state index contributed by atoms with van der Waals surface area (Å²) < 4.78 is 0. The van der Waals surface area contributed by atoms with Crippen LogP contribution >= 0.6 is 12.4 Å². The normalized spacial score (nSPS) is 22.3. The van der Waals surface area contributed by atoms with Crippen LogP contribution in [0, 0.1) is 5.92 Å². The van der Waals surface area contributed by atoms with E-state index in [4.69, 9.17) is 5.73 Å². The summed E-state index contributed by atoms with van der Waals surface area (Å²) >= 11 is 0. The Bertz CT molecular complexity index is 362. The maximum Gasteiger partial charge on any atom is 0.242 e. The fourth-order valence-electron chi connectivity index (χ4n) is 3.34. The first-order chi connectivity index (χ1) is 9.51. The first kappa shape index (κ1) is 18.2. The minimum absolute atomic E-state index is 0. The highest BCUT2D eigenvalue weighted by Gasteiger charge is 2.39. The van der Waals surface area contributed by atoms with Crippen LogP contribution in [-0.4, -0.2) is 41.9 Å². The Kier molecular flexibility index (Phi) is 6.94. The zero-order chi connectivity index (χ0) is 14.6. The van der Waals surface area contributed by atoms with E-state index in [2.05, 4.69) is 5.32 Å². The molecule has 0 spiro atoms. The Labute approximate surface area is 133 Å². The van der Waals surface area contributed by atoms with Crippen LogP contribution in [0.5, 0.6) is 0 Å². The first-order valence-electron chi connectivity index (χ1n) is 7.84. The van der Waals surface area contributed by atoms with Gasteiger partial charge in [-0.3, -0.25) is 9.59 Å². The lowest BCUT2D eigenvalue weighted by Crippen LogP contribution is -2.57. The minimum atomic E-state index is -0.608. The molecule has 0 radical (unpaired) electrons. The smallest absolute Gasteiger partial charge is 0.242 e. The van der Waals surface area contributed by atoms with Gasteiger partial charge in [-0.25, -0.2) is 0 Å². The molecule has 0 unspecified atom stereocenters. The van der Waals surface area contributed by atoms with Crippen molar-refractivity contribution < 1.29 is 9.59 Å². The molecular formula is C15H28ClN3O2. The van der Waals surface area contributed by atoms with Crippen molar-refractivity contribution in [2.24, 2.45) is 11.7 Å². The second-order valence-corrected chi connectivity index (χ2v) is 6.39. The van der Waals surface area contributed by atoms with Crippen LogP contribution in [0.2, 0.25) is 0 Å². The van der Waals surface area contributed by atoms with Crippen molar-refractivity contribution in [2.45, 2.75) is 57.4 Å². The Morgan fingerprint density at radius 1 is 1.19 bits per heavy atom. The van der Waals surface area contributed by atoms with E-state index >= 15 is 0 Å². The predicted octanol–water partition coefficient (Wildman–Crippen LogP) is 1.44. The van der Waals surface area contributed by atoms with Crippen molar-refractivity contribution >= 4 is 24.2 Å². The summed E-state index contributed by atoms with van der Waals surface area (Å²) in [5.74, 6) is 0.657. The number of hydrogen-bond acceptors (Lipinski definition) is 3. The van der Waals surface area contributed by atoms with Crippen LogP contribution in [0.25, 0.3) is 0 Å². The number of nitrogens with one attached hydrogen (secondary N) is 1. The number of hydrogen-bond donors (Lipinski definition) is 2. The van der Waals surface area contributed by atoms with Crippen molar-refractivity contribution in [3.63, 3.8) is 0 Å². The first-order valence-corrected chi connectivity index (χ1v) is 7.84. The maximum atomic E-state index is 12.6. The highest BCUT2D eigenvalue weighted by molar-refractivity contribution is 5.86. The molecule has 122 valence electrons. The van der Waals surface area contributed by atoms with E-state index < -0.39 is 5.54 Å². The lowest BCUT2D eigenvalue weighted by molar-refractivity contribution is -0.139. The van der Waals surface area contributed by atoms with Gasteiger partial charge in [-0.15, -0.1) is 12.4 Å². The molecule has 1 aliphatic carbocycles. The third-order valence-electron chi connectivity index (χ3n) is 4.71. The molecule has 6 heteroatoms. The Hall–Kier alpha value is -0.810. The molecule has 2 fully saturated rings. The van der Waals surface area contributed by atoms with Gasteiger partial charge >= 0.3 is 0 Å². The molecule has 0 aromatic carbocycles. The molecular weight excluding hydrogens is 290 g/mol. The number of halogens is 1. The average Bonchev–Trinajstić information content (AvgIpc) is 2.45. The van der Waals surface area contributed by atoms with Gasteiger partial charge in [0, 0.05) is 26.6 Å². The molecule has 0 aromatic heterocycles. The number of nitrogens with two attached hydrogens (primary N) is 1. The summed E-state index contributed by atoms with van der Waals surface area (Å²) in [6.07, 6.45) is 6.92. The minimum Gasteiger partial charge on any atom is -0.356 e. The summed E-state index contributed by atoms with van der Waals surface area (Å²) in [5.41, 5.74) is 5.71. The van der Waals surface area contributed by atoms with Crippen LogP contribution in [0.15, 0.2) is 0 Å². The molecule has 1 saturated carbocycles. The van der Waals surface area contributed by atoms with E-state index in [1.165, 1.54) is 6.42 Å². The van der Waals surface area contributed by atoms with Gasteiger partial charge in [0.2, 0.25) is 11.8 Å². The van der Waals surface area contributed by atoms with Crippen molar-refractivity contribution in [3.05, 3.63) is 0 Å². The second kappa shape index (κ2) is 7.99. The number of carbonyl (C=O) groups is 2. The standard InChI is InChI=1S/C15H27N3O2.ClH/c1-12(19)17-11-13-5-9-18(10-6-13)14(20)15(16)7-3-2-4-8-15;/h13H,2-11,16H2,1H3,(H,17,19);1H. The summed E-state index contributed by atoms with van der Waals surface area (Å²) in [5, 5.41) is 2.86. The fourth-order valence-corrected chi connectivity index (χ4v) is 3.34. The molecule has 2 amide bonds. The lowest BCUT2D eigenvalue weighted by atomic mass is 9.81. The fraction of sp³-hybridized carbons (Fsp3) is 0.867. The van der Waals surface area contributed by atoms with E-state index in [9.17, 15) is 9.59 Å². The summed E-state index contributed by atoms with van der Waals surface area (Å²) in [6.45, 7) is 3.83. The van der Waals surface area contributed by atoms with Crippen LogP contribution in [0.1, 0.15) is 51.9 Å². The number of amides is 2. The molecule has 2 rings (SSSR count). The zero-order valence-electron chi connectivity index (χ0n) is 12.9. The molecule has 0 atom stereocenters. The van der Waals surface area contributed by atoms with Crippen molar-refractivity contribution in [3.8, 4) is 0 Å². The third-order valence-corrected chi connectivity index (χ3v) is 4.71. The topological polar surface area (TPSA) is 75.4 Å². The van der Waals surface area contributed by atoms with E-state index in [0.29, 0.717) is 5.92 Å². The van der Waals surface area contributed by atoms with Crippen molar-refractivity contribution in [1.29, 1.82) is 0 Å². The maximum absolute atomic E-state index is 12.6. The number of likely N-dealkylation sites (tertiary alicyclic amines) is 1. The van der Waals surface area contributed by atoms with Crippen LogP contribution in [0.3, 0.4) is 0 Å². The largest absolute Gasteiger partial charge is 0.356 e. The van der Waals surface area contributed by atoms with Gasteiger partial charge in [0.1, 0.15) is 0 Å². The number of rotatable bonds is 3. The SMILES string of the molecule is CC(=O)NCC1CCN(C(=O)C2(N)CCCCC2)CC1.Cl. The number of carbonyl (C=O) groups excluding carboxylic acids is 2. The highest BCUT2D eigenvalue weighted by atomic mass is 35.5. The Morgan fingerprint density at radius 3 is 2.29 bits per heavy atom. The van der Waals surface area contributed by atoms with E-state index in [0.717, 1.165) is 58.2 Å². The van der Waals surface area contributed by atoms with E-state index in [-0.39, 0.29) is 24.2 Å². The molecule has 1 saturated heterocycles. The van der Waals surface area contributed by atoms with Gasteiger partial charge in [0.05, 0.1) is 5.54 Å². The van der Waals surface area contributed by atoms with Crippen LogP contribution in [0.4, 0.5) is 0 Å². The summed E-state index contributed by atoms with van der Waals surface area (Å²) in [4.78, 5) is 25.4. The Balaban J connectivity index is 0.00000220. The summed E-state index contributed by atoms with van der Waals surface area (Å²) in [6, 6.07) is 0. The Morgan fingerprint density at radius 2 is 1.76 bits per heavy atom. The van der Waals surface area contributed by atoms with Gasteiger partial charge in [0.25, 0.3) is 0 Å². The van der Waals surface area contributed by atoms with Crippen molar-refractivity contribution in [2.75, 3.05) is 19.6 Å². The zero-order valence-corrected chi connectivity index (χ0v) is 13.7. The second-order valence-electron chi connectivity index (χ2n) is 6.39. The molecule has 3 N–H and O–H groups in total. The molecule has 21 heavy (non-hydrogen) atoms. The molecule has 0 aromatic rings. The van der Waals surface area contributed by atoms with Gasteiger partial charge in [0.15, 0.2) is 0 Å². The highest BCUT2D eigenvalue weighted by Crippen LogP contribution is 2.29. The monoisotopic (exact) mass is 317 g/mol. The quantitative estimate of drug-likeness (QED) is 0.827. The molecule has 1 heterocycles. The van der Waals surface area contributed by atoms with Crippen LogP contribution < -0.4 is 11.1 Å². The molecule has 5 nitrogen and oxygen atoms in total.